The van der Waals surface area contributed by atoms with Gasteiger partial charge in [-0.15, -0.1) is 0 Å². The van der Waals surface area contributed by atoms with E-state index in [4.69, 9.17) is 14.6 Å². The number of rotatable bonds is 7. The van der Waals surface area contributed by atoms with Crippen LogP contribution >= 0.6 is 0 Å². The van der Waals surface area contributed by atoms with Crippen LogP contribution in [0.3, 0.4) is 0 Å². The maximum atomic E-state index is 12.9. The molecule has 1 heterocycles. The molecule has 0 fully saturated rings. The molecule has 0 aliphatic carbocycles. The normalized spacial score (nSPS) is 14.4. The van der Waals surface area contributed by atoms with E-state index in [2.05, 4.69) is 5.10 Å². The van der Waals surface area contributed by atoms with E-state index in [1.54, 1.807) is 44.4 Å². The number of hydrazone groups is 1. The van der Waals surface area contributed by atoms with Crippen molar-refractivity contribution in [1.29, 1.82) is 0 Å². The van der Waals surface area contributed by atoms with Crippen molar-refractivity contribution in [3.63, 3.8) is 0 Å². The van der Waals surface area contributed by atoms with Gasteiger partial charge in [-0.25, -0.2) is 4.79 Å². The quantitative estimate of drug-likeness (QED) is 0.532. The molecule has 0 saturated carbocycles. The minimum absolute atomic E-state index is 0.192. The lowest BCUT2D eigenvalue weighted by Gasteiger charge is -2.12. The van der Waals surface area contributed by atoms with E-state index in [-0.39, 0.29) is 18.1 Å². The minimum Gasteiger partial charge on any atom is -0.493 e. The fraction of sp³-hybridized carbons (Fsp3) is 0.115. The lowest BCUT2D eigenvalue weighted by atomic mass is 10.1. The number of hydrogen-bond donors (Lipinski definition) is 1. The molecule has 0 saturated heterocycles. The summed E-state index contributed by atoms with van der Waals surface area (Å²) in [6.45, 7) is 2.06. The average molecular weight is 442 g/mol. The summed E-state index contributed by atoms with van der Waals surface area (Å²) in [6, 6.07) is 21.2. The van der Waals surface area contributed by atoms with Crippen LogP contribution in [0.2, 0.25) is 0 Å². The summed E-state index contributed by atoms with van der Waals surface area (Å²) in [5.74, 6) is -0.105. The summed E-state index contributed by atoms with van der Waals surface area (Å²) < 4.78 is 11.3. The number of benzene rings is 3. The number of aromatic carboxylic acids is 1. The highest BCUT2D eigenvalue weighted by atomic mass is 16.5. The van der Waals surface area contributed by atoms with Crippen molar-refractivity contribution >= 4 is 29.4 Å². The third kappa shape index (κ3) is 4.77. The maximum absolute atomic E-state index is 12.9. The number of carboxylic acid groups (broad SMARTS) is 1. The first-order chi connectivity index (χ1) is 16.0. The molecule has 0 atom stereocenters. The molecule has 1 N–H and O–H groups in total. The lowest BCUT2D eigenvalue weighted by Crippen LogP contribution is -2.21. The number of carbonyl (C=O) groups excluding carboxylic acids is 1. The van der Waals surface area contributed by atoms with Gasteiger partial charge >= 0.3 is 5.97 Å². The second kappa shape index (κ2) is 9.40. The molecule has 0 unspecified atom stereocenters. The van der Waals surface area contributed by atoms with Gasteiger partial charge in [-0.3, -0.25) is 4.79 Å². The van der Waals surface area contributed by atoms with Gasteiger partial charge in [0, 0.05) is 0 Å². The Bertz CT molecular complexity index is 1250. The molecule has 4 rings (SSSR count). The number of hydrogen-bond acceptors (Lipinski definition) is 5. The van der Waals surface area contributed by atoms with E-state index >= 15 is 0 Å². The molecular weight excluding hydrogens is 420 g/mol. The average Bonchev–Trinajstić information content (AvgIpc) is 3.12. The fourth-order valence-electron chi connectivity index (χ4n) is 3.39. The van der Waals surface area contributed by atoms with E-state index in [0.29, 0.717) is 28.5 Å². The fourth-order valence-corrected chi connectivity index (χ4v) is 3.39. The molecule has 0 aromatic heterocycles. The zero-order valence-corrected chi connectivity index (χ0v) is 18.2. The van der Waals surface area contributed by atoms with Crippen LogP contribution < -0.4 is 14.5 Å². The highest BCUT2D eigenvalue weighted by Gasteiger charge is 2.28. The van der Waals surface area contributed by atoms with Gasteiger partial charge < -0.3 is 14.6 Å². The van der Waals surface area contributed by atoms with Crippen LogP contribution in [-0.4, -0.2) is 29.8 Å². The molecule has 3 aromatic carbocycles. The molecule has 7 heteroatoms. The number of anilines is 1. The standard InChI is InChI=1S/C26H22N2O5/c1-17-22(25(29)28(27-17)21-6-4-3-5-7-21)14-19-10-13-23(24(15-19)32-2)33-16-18-8-11-20(12-9-18)26(30)31/h3-15H,16H2,1-2H3,(H,30,31)/b22-14-. The first kappa shape index (κ1) is 21.8. The Kier molecular flexibility index (Phi) is 6.22. The van der Waals surface area contributed by atoms with Crippen molar-refractivity contribution in [1.82, 2.24) is 0 Å². The number of carboxylic acids is 1. The second-order valence-corrected chi connectivity index (χ2v) is 7.40. The van der Waals surface area contributed by atoms with Crippen LogP contribution in [-0.2, 0) is 11.4 Å². The molecule has 166 valence electrons. The predicted molar refractivity (Wildman–Crippen MR) is 126 cm³/mol. The van der Waals surface area contributed by atoms with Gasteiger partial charge in [-0.2, -0.15) is 10.1 Å². The van der Waals surface area contributed by atoms with E-state index in [0.717, 1.165) is 11.1 Å². The predicted octanol–water partition coefficient (Wildman–Crippen LogP) is 4.78. The molecule has 3 aromatic rings. The van der Waals surface area contributed by atoms with Crippen LogP contribution in [0.25, 0.3) is 6.08 Å². The number of carbonyl (C=O) groups is 2. The van der Waals surface area contributed by atoms with E-state index in [9.17, 15) is 9.59 Å². The Morgan fingerprint density at radius 1 is 1.03 bits per heavy atom. The third-order valence-corrected chi connectivity index (χ3v) is 5.16. The number of nitrogens with zero attached hydrogens (tertiary/aromatic N) is 2. The third-order valence-electron chi connectivity index (χ3n) is 5.16. The van der Waals surface area contributed by atoms with Gasteiger partial charge in [0.15, 0.2) is 11.5 Å². The van der Waals surface area contributed by atoms with E-state index in [1.807, 2.05) is 36.4 Å². The Hall–Kier alpha value is -4.39. The Morgan fingerprint density at radius 2 is 1.76 bits per heavy atom. The minimum atomic E-state index is -0.971. The van der Waals surface area contributed by atoms with Gasteiger partial charge in [0.1, 0.15) is 6.61 Å². The van der Waals surface area contributed by atoms with Gasteiger partial charge in [-0.1, -0.05) is 36.4 Å². The highest BCUT2D eigenvalue weighted by molar-refractivity contribution is 6.32. The van der Waals surface area contributed by atoms with Crippen molar-refractivity contribution < 1.29 is 24.2 Å². The Balaban J connectivity index is 1.51. The first-order valence-corrected chi connectivity index (χ1v) is 10.3. The van der Waals surface area contributed by atoms with Gasteiger partial charge in [0.25, 0.3) is 5.91 Å². The molecule has 1 amide bonds. The summed E-state index contributed by atoms with van der Waals surface area (Å²) >= 11 is 0. The first-order valence-electron chi connectivity index (χ1n) is 10.3. The van der Waals surface area contributed by atoms with Crippen molar-refractivity contribution in [2.75, 3.05) is 12.1 Å². The molecule has 0 spiro atoms. The molecule has 1 aliphatic heterocycles. The molecule has 0 bridgehead atoms. The number of amides is 1. The summed E-state index contributed by atoms with van der Waals surface area (Å²) in [4.78, 5) is 23.9. The second-order valence-electron chi connectivity index (χ2n) is 7.40. The van der Waals surface area contributed by atoms with Crippen molar-refractivity contribution in [3.05, 3.63) is 95.1 Å². The van der Waals surface area contributed by atoms with Crippen LogP contribution in [0.1, 0.15) is 28.4 Å². The zero-order valence-electron chi connectivity index (χ0n) is 18.2. The van der Waals surface area contributed by atoms with E-state index in [1.165, 1.54) is 17.1 Å². The summed E-state index contributed by atoms with van der Waals surface area (Å²) in [5, 5.41) is 14.8. The highest BCUT2D eigenvalue weighted by Crippen LogP contribution is 2.31. The van der Waals surface area contributed by atoms with Crippen molar-refractivity contribution in [2.24, 2.45) is 5.10 Å². The number of ether oxygens (including phenoxy) is 2. The molecule has 7 nitrogen and oxygen atoms in total. The van der Waals surface area contributed by atoms with Crippen molar-refractivity contribution in [3.8, 4) is 11.5 Å². The van der Waals surface area contributed by atoms with Crippen LogP contribution in [0, 0.1) is 0 Å². The Morgan fingerprint density at radius 3 is 2.42 bits per heavy atom. The summed E-state index contributed by atoms with van der Waals surface area (Å²) in [7, 11) is 1.55. The molecule has 0 radical (unpaired) electrons. The van der Waals surface area contributed by atoms with Gasteiger partial charge in [0.05, 0.1) is 29.6 Å². The number of methoxy groups -OCH3 is 1. The van der Waals surface area contributed by atoms with Gasteiger partial charge in [0.2, 0.25) is 0 Å². The molecule has 1 aliphatic rings. The number of para-hydroxylation sites is 1. The van der Waals surface area contributed by atoms with Gasteiger partial charge in [-0.05, 0) is 60.5 Å². The maximum Gasteiger partial charge on any atom is 0.335 e. The summed E-state index contributed by atoms with van der Waals surface area (Å²) in [6.07, 6.45) is 1.78. The zero-order chi connectivity index (χ0) is 23.4. The smallest absolute Gasteiger partial charge is 0.335 e. The monoisotopic (exact) mass is 442 g/mol. The van der Waals surface area contributed by atoms with Crippen molar-refractivity contribution in [2.45, 2.75) is 13.5 Å². The van der Waals surface area contributed by atoms with Crippen LogP contribution in [0.15, 0.2) is 83.5 Å². The van der Waals surface area contributed by atoms with Crippen LogP contribution in [0.4, 0.5) is 5.69 Å². The summed E-state index contributed by atoms with van der Waals surface area (Å²) in [5.41, 5.74) is 3.68. The lowest BCUT2D eigenvalue weighted by molar-refractivity contribution is -0.114. The van der Waals surface area contributed by atoms with E-state index < -0.39 is 5.97 Å². The van der Waals surface area contributed by atoms with Crippen LogP contribution in [0.5, 0.6) is 11.5 Å². The molecular formula is C26H22N2O5. The topological polar surface area (TPSA) is 88.4 Å². The SMILES string of the molecule is COc1cc(/C=C2\C(=O)N(c3ccccc3)N=C2C)ccc1OCc1ccc(C(=O)O)cc1. The Labute approximate surface area is 191 Å². The largest absolute Gasteiger partial charge is 0.493 e. The molecule has 33 heavy (non-hydrogen) atoms.